The summed E-state index contributed by atoms with van der Waals surface area (Å²) in [5.74, 6) is -0.0150. The highest BCUT2D eigenvalue weighted by atomic mass is 16.2. The molecule has 0 radical (unpaired) electrons. The van der Waals surface area contributed by atoms with Crippen LogP contribution in [0.5, 0.6) is 0 Å². The minimum atomic E-state index is -0.207. The molecule has 4 heteroatoms. The molecule has 1 aliphatic heterocycles. The van der Waals surface area contributed by atoms with E-state index in [1.54, 1.807) is 18.2 Å². The molecule has 0 saturated heterocycles. The number of benzene rings is 1. The van der Waals surface area contributed by atoms with Crippen LogP contribution in [0, 0.1) is 5.92 Å². The lowest BCUT2D eigenvalue weighted by Gasteiger charge is -2.29. The van der Waals surface area contributed by atoms with E-state index in [2.05, 4.69) is 6.92 Å². The minimum absolute atomic E-state index is 0.0179. The molecule has 1 aromatic carbocycles. The molecular weight excluding hydrogens is 252 g/mol. The third-order valence-corrected chi connectivity index (χ3v) is 4.63. The van der Waals surface area contributed by atoms with Gasteiger partial charge in [-0.2, -0.15) is 0 Å². The van der Waals surface area contributed by atoms with Crippen LogP contribution in [-0.4, -0.2) is 22.8 Å². The SMILES string of the molecule is CC1CCCCCC1N1C(=O)c2cccc(N)c2C1=O. The second kappa shape index (κ2) is 4.93. The monoisotopic (exact) mass is 272 g/mol. The molecule has 3 rings (SSSR count). The van der Waals surface area contributed by atoms with Crippen LogP contribution in [0.15, 0.2) is 18.2 Å². The number of hydrogen-bond donors (Lipinski definition) is 1. The van der Waals surface area contributed by atoms with E-state index in [1.165, 1.54) is 17.7 Å². The first-order valence-electron chi connectivity index (χ1n) is 7.37. The summed E-state index contributed by atoms with van der Waals surface area (Å²) in [6.45, 7) is 2.14. The van der Waals surface area contributed by atoms with Gasteiger partial charge in [-0.05, 0) is 30.9 Å². The number of hydrogen-bond acceptors (Lipinski definition) is 3. The first-order valence-corrected chi connectivity index (χ1v) is 7.37. The van der Waals surface area contributed by atoms with Crippen molar-refractivity contribution in [2.45, 2.75) is 45.1 Å². The van der Waals surface area contributed by atoms with Gasteiger partial charge in [0.25, 0.3) is 11.8 Å². The third-order valence-electron chi connectivity index (χ3n) is 4.63. The smallest absolute Gasteiger partial charge is 0.263 e. The predicted octanol–water partition coefficient (Wildman–Crippen LogP) is 2.83. The average Bonchev–Trinajstić information content (AvgIpc) is 2.57. The lowest BCUT2D eigenvalue weighted by Crippen LogP contribution is -2.43. The van der Waals surface area contributed by atoms with Gasteiger partial charge < -0.3 is 5.73 Å². The largest absolute Gasteiger partial charge is 0.398 e. The molecule has 2 N–H and O–H groups in total. The summed E-state index contributed by atoms with van der Waals surface area (Å²) in [5, 5.41) is 0. The van der Waals surface area contributed by atoms with Crippen molar-refractivity contribution < 1.29 is 9.59 Å². The number of amides is 2. The summed E-state index contributed by atoms with van der Waals surface area (Å²) in [7, 11) is 0. The molecule has 1 aliphatic carbocycles. The van der Waals surface area contributed by atoms with Crippen molar-refractivity contribution in [3.63, 3.8) is 0 Å². The molecule has 2 amide bonds. The van der Waals surface area contributed by atoms with Crippen LogP contribution in [0.3, 0.4) is 0 Å². The number of nitrogens with zero attached hydrogens (tertiary/aromatic N) is 1. The maximum absolute atomic E-state index is 12.6. The normalized spacial score (nSPS) is 26.6. The number of nitrogen functional groups attached to an aromatic ring is 1. The number of carbonyl (C=O) groups excluding carboxylic acids is 2. The lowest BCUT2D eigenvalue weighted by atomic mass is 9.95. The van der Waals surface area contributed by atoms with E-state index >= 15 is 0 Å². The van der Waals surface area contributed by atoms with Crippen molar-refractivity contribution in [1.29, 1.82) is 0 Å². The van der Waals surface area contributed by atoms with E-state index in [9.17, 15) is 9.59 Å². The zero-order valence-electron chi connectivity index (χ0n) is 11.8. The molecule has 1 saturated carbocycles. The van der Waals surface area contributed by atoms with E-state index in [-0.39, 0.29) is 17.9 Å². The fraction of sp³-hybridized carbons (Fsp3) is 0.500. The lowest BCUT2D eigenvalue weighted by molar-refractivity contribution is 0.0525. The molecule has 0 spiro atoms. The van der Waals surface area contributed by atoms with Crippen molar-refractivity contribution in [2.24, 2.45) is 5.92 Å². The fourth-order valence-corrected chi connectivity index (χ4v) is 3.49. The molecule has 1 heterocycles. The second-order valence-electron chi connectivity index (χ2n) is 5.93. The molecule has 0 aromatic heterocycles. The topological polar surface area (TPSA) is 63.4 Å². The molecule has 20 heavy (non-hydrogen) atoms. The third kappa shape index (κ3) is 1.90. The Kier molecular flexibility index (Phi) is 3.24. The number of rotatable bonds is 1. The van der Waals surface area contributed by atoms with Crippen molar-refractivity contribution in [1.82, 2.24) is 4.90 Å². The number of nitrogens with two attached hydrogens (primary N) is 1. The van der Waals surface area contributed by atoms with Crippen LogP contribution in [-0.2, 0) is 0 Å². The highest BCUT2D eigenvalue weighted by Crippen LogP contribution is 2.35. The summed E-state index contributed by atoms with van der Waals surface area (Å²) in [5.41, 5.74) is 7.15. The van der Waals surface area contributed by atoms with Gasteiger partial charge in [-0.15, -0.1) is 0 Å². The summed E-state index contributed by atoms with van der Waals surface area (Å²) < 4.78 is 0. The van der Waals surface area contributed by atoms with Gasteiger partial charge in [0.15, 0.2) is 0 Å². The molecule has 2 aliphatic rings. The highest BCUT2D eigenvalue weighted by molar-refractivity contribution is 6.23. The maximum Gasteiger partial charge on any atom is 0.263 e. The van der Waals surface area contributed by atoms with Crippen LogP contribution in [0.2, 0.25) is 0 Å². The molecule has 2 atom stereocenters. The minimum Gasteiger partial charge on any atom is -0.398 e. The summed E-state index contributed by atoms with van der Waals surface area (Å²) in [6.07, 6.45) is 5.44. The van der Waals surface area contributed by atoms with E-state index in [4.69, 9.17) is 5.73 Å². The standard InChI is InChI=1S/C16H20N2O2/c1-10-6-3-2-4-9-13(10)18-15(19)11-7-5-8-12(17)14(11)16(18)20/h5,7-8,10,13H,2-4,6,9,17H2,1H3. The Labute approximate surface area is 118 Å². The molecule has 1 fully saturated rings. The Hall–Kier alpha value is -1.84. The molecule has 4 nitrogen and oxygen atoms in total. The van der Waals surface area contributed by atoms with Gasteiger partial charge in [-0.3, -0.25) is 14.5 Å². The highest BCUT2D eigenvalue weighted by Gasteiger charge is 2.42. The summed E-state index contributed by atoms with van der Waals surface area (Å²) >= 11 is 0. The zero-order valence-corrected chi connectivity index (χ0v) is 11.8. The van der Waals surface area contributed by atoms with Crippen molar-refractivity contribution in [2.75, 3.05) is 5.73 Å². The first-order chi connectivity index (χ1) is 9.61. The van der Waals surface area contributed by atoms with Gasteiger partial charge >= 0.3 is 0 Å². The Morgan fingerprint density at radius 2 is 1.85 bits per heavy atom. The fourth-order valence-electron chi connectivity index (χ4n) is 3.49. The van der Waals surface area contributed by atoms with Gasteiger partial charge in [-0.25, -0.2) is 0 Å². The molecular formula is C16H20N2O2. The Morgan fingerprint density at radius 1 is 1.10 bits per heavy atom. The average molecular weight is 272 g/mol. The summed E-state index contributed by atoms with van der Waals surface area (Å²) in [6, 6.07) is 5.14. The van der Waals surface area contributed by atoms with Crippen LogP contribution in [0.4, 0.5) is 5.69 Å². The first kappa shape index (κ1) is 13.2. The van der Waals surface area contributed by atoms with E-state index in [1.807, 2.05) is 0 Å². The Bertz CT molecular complexity index is 568. The number of fused-ring (bicyclic) bond motifs is 1. The van der Waals surface area contributed by atoms with Gasteiger partial charge in [0.05, 0.1) is 11.1 Å². The molecule has 2 unspecified atom stereocenters. The van der Waals surface area contributed by atoms with Gasteiger partial charge in [0.2, 0.25) is 0 Å². The number of anilines is 1. The van der Waals surface area contributed by atoms with E-state index in [0.29, 0.717) is 22.7 Å². The number of imide groups is 1. The zero-order chi connectivity index (χ0) is 14.3. The van der Waals surface area contributed by atoms with Gasteiger partial charge in [0.1, 0.15) is 0 Å². The van der Waals surface area contributed by atoms with Gasteiger partial charge in [-0.1, -0.05) is 32.3 Å². The van der Waals surface area contributed by atoms with Crippen LogP contribution >= 0.6 is 0 Å². The van der Waals surface area contributed by atoms with Crippen LogP contribution < -0.4 is 5.73 Å². The van der Waals surface area contributed by atoms with Crippen LogP contribution in [0.1, 0.15) is 59.7 Å². The summed E-state index contributed by atoms with van der Waals surface area (Å²) in [4.78, 5) is 26.6. The number of carbonyl (C=O) groups is 2. The quantitative estimate of drug-likeness (QED) is 0.486. The van der Waals surface area contributed by atoms with E-state index in [0.717, 1.165) is 19.3 Å². The predicted molar refractivity (Wildman–Crippen MR) is 77.4 cm³/mol. The molecule has 1 aromatic rings. The van der Waals surface area contributed by atoms with Crippen LogP contribution in [0.25, 0.3) is 0 Å². The maximum atomic E-state index is 12.6. The molecule has 0 bridgehead atoms. The van der Waals surface area contributed by atoms with E-state index < -0.39 is 0 Å². The Morgan fingerprint density at radius 3 is 2.60 bits per heavy atom. The van der Waals surface area contributed by atoms with Crippen molar-refractivity contribution in [3.8, 4) is 0 Å². The molecule has 106 valence electrons. The van der Waals surface area contributed by atoms with Crippen molar-refractivity contribution in [3.05, 3.63) is 29.3 Å². The van der Waals surface area contributed by atoms with Gasteiger partial charge in [0, 0.05) is 11.7 Å². The Balaban J connectivity index is 1.98. The second-order valence-corrected chi connectivity index (χ2v) is 5.93. The van der Waals surface area contributed by atoms with Crippen molar-refractivity contribution >= 4 is 17.5 Å².